The van der Waals surface area contributed by atoms with Gasteiger partial charge in [0.2, 0.25) is 0 Å². The van der Waals surface area contributed by atoms with E-state index in [4.69, 9.17) is 9.47 Å². The van der Waals surface area contributed by atoms with Gasteiger partial charge in [-0.05, 0) is 44.9 Å². The van der Waals surface area contributed by atoms with E-state index in [9.17, 15) is 0 Å². The molecule has 0 bridgehead atoms. The first-order chi connectivity index (χ1) is 8.72. The largest absolute Gasteiger partial charge is 0.493 e. The van der Waals surface area contributed by atoms with Crippen molar-refractivity contribution in [3.8, 4) is 11.5 Å². The van der Waals surface area contributed by atoms with Crippen LogP contribution in [0, 0.1) is 0 Å². The Balaban J connectivity index is 2.72. The molecule has 0 aliphatic heterocycles. The Morgan fingerprint density at radius 2 is 2.06 bits per heavy atom. The van der Waals surface area contributed by atoms with Gasteiger partial charge in [0.15, 0.2) is 11.5 Å². The highest BCUT2D eigenvalue weighted by Gasteiger charge is 2.10. The van der Waals surface area contributed by atoms with Gasteiger partial charge in [-0.15, -0.1) is 0 Å². The number of aryl methyl sites for hydroxylation is 1. The maximum absolute atomic E-state index is 5.58. The van der Waals surface area contributed by atoms with Gasteiger partial charge in [0, 0.05) is 6.04 Å². The highest BCUT2D eigenvalue weighted by molar-refractivity contribution is 5.46. The molecule has 0 aliphatic carbocycles. The third-order valence-electron chi connectivity index (χ3n) is 2.96. The molecule has 0 saturated carbocycles. The molecule has 0 aromatic heterocycles. The Kier molecular flexibility index (Phi) is 6.58. The summed E-state index contributed by atoms with van der Waals surface area (Å²) in [6.07, 6.45) is 2.10. The quantitative estimate of drug-likeness (QED) is 0.770. The molecule has 1 unspecified atom stereocenters. The second-order valence-electron chi connectivity index (χ2n) is 4.38. The highest BCUT2D eigenvalue weighted by atomic mass is 16.5. The van der Waals surface area contributed by atoms with Crippen molar-refractivity contribution in [3.63, 3.8) is 0 Å². The Bertz CT molecular complexity index is 352. The molecule has 3 nitrogen and oxygen atoms in total. The fraction of sp³-hybridized carbons (Fsp3) is 0.600. The summed E-state index contributed by atoms with van der Waals surface area (Å²) >= 11 is 0. The van der Waals surface area contributed by atoms with E-state index in [1.54, 1.807) is 7.11 Å². The van der Waals surface area contributed by atoms with Crippen LogP contribution < -0.4 is 14.8 Å². The molecule has 1 rings (SSSR count). The third-order valence-corrected chi connectivity index (χ3v) is 2.96. The van der Waals surface area contributed by atoms with E-state index in [1.165, 1.54) is 5.56 Å². The molecule has 0 saturated heterocycles. The zero-order valence-electron chi connectivity index (χ0n) is 12.0. The van der Waals surface area contributed by atoms with Crippen LogP contribution in [-0.2, 0) is 6.42 Å². The van der Waals surface area contributed by atoms with E-state index in [2.05, 4.69) is 25.2 Å². The summed E-state index contributed by atoms with van der Waals surface area (Å²) in [5.41, 5.74) is 1.22. The van der Waals surface area contributed by atoms with Crippen LogP contribution in [0.2, 0.25) is 0 Å². The van der Waals surface area contributed by atoms with E-state index in [0.29, 0.717) is 12.6 Å². The predicted octanol–water partition coefficient (Wildman–Crippen LogP) is 3.02. The summed E-state index contributed by atoms with van der Waals surface area (Å²) < 4.78 is 11.1. The van der Waals surface area contributed by atoms with Crippen molar-refractivity contribution in [2.75, 3.05) is 20.3 Å². The van der Waals surface area contributed by atoms with Crippen molar-refractivity contribution in [1.82, 2.24) is 5.32 Å². The fourth-order valence-corrected chi connectivity index (χ4v) is 2.08. The molecule has 0 heterocycles. The molecular weight excluding hydrogens is 226 g/mol. The SMILES string of the molecule is CCNC(C)CCc1cccc(OCC)c1OC. The van der Waals surface area contributed by atoms with Crippen molar-refractivity contribution in [2.45, 2.75) is 39.7 Å². The normalized spacial score (nSPS) is 12.2. The zero-order valence-corrected chi connectivity index (χ0v) is 12.0. The van der Waals surface area contributed by atoms with Gasteiger partial charge in [0.1, 0.15) is 0 Å². The van der Waals surface area contributed by atoms with Gasteiger partial charge < -0.3 is 14.8 Å². The average Bonchev–Trinajstić information content (AvgIpc) is 2.37. The predicted molar refractivity (Wildman–Crippen MR) is 75.6 cm³/mol. The minimum atomic E-state index is 0.524. The fourth-order valence-electron chi connectivity index (χ4n) is 2.08. The number of nitrogens with one attached hydrogen (secondary N) is 1. The smallest absolute Gasteiger partial charge is 0.163 e. The molecule has 0 amide bonds. The van der Waals surface area contributed by atoms with Gasteiger partial charge in [-0.2, -0.15) is 0 Å². The molecule has 0 spiro atoms. The molecule has 1 atom stereocenters. The number of para-hydroxylation sites is 1. The number of rotatable bonds is 8. The second kappa shape index (κ2) is 7.98. The molecular formula is C15H25NO2. The van der Waals surface area contributed by atoms with Gasteiger partial charge >= 0.3 is 0 Å². The Labute approximate surface area is 110 Å². The van der Waals surface area contributed by atoms with E-state index in [0.717, 1.165) is 30.9 Å². The maximum Gasteiger partial charge on any atom is 0.163 e. The summed E-state index contributed by atoms with van der Waals surface area (Å²) in [5.74, 6) is 1.72. The summed E-state index contributed by atoms with van der Waals surface area (Å²) in [7, 11) is 1.70. The monoisotopic (exact) mass is 251 g/mol. The first-order valence-electron chi connectivity index (χ1n) is 6.74. The highest BCUT2D eigenvalue weighted by Crippen LogP contribution is 2.31. The second-order valence-corrected chi connectivity index (χ2v) is 4.38. The Morgan fingerprint density at radius 1 is 1.28 bits per heavy atom. The Morgan fingerprint density at radius 3 is 2.67 bits per heavy atom. The van der Waals surface area contributed by atoms with Crippen LogP contribution >= 0.6 is 0 Å². The molecule has 1 N–H and O–H groups in total. The van der Waals surface area contributed by atoms with Crippen LogP contribution in [0.3, 0.4) is 0 Å². The number of hydrogen-bond donors (Lipinski definition) is 1. The Hall–Kier alpha value is -1.22. The first kappa shape index (κ1) is 14.8. The molecule has 102 valence electrons. The molecule has 0 radical (unpaired) electrons. The van der Waals surface area contributed by atoms with Crippen molar-refractivity contribution in [3.05, 3.63) is 23.8 Å². The summed E-state index contributed by atoms with van der Waals surface area (Å²) in [4.78, 5) is 0. The molecule has 1 aromatic carbocycles. The first-order valence-corrected chi connectivity index (χ1v) is 6.74. The van der Waals surface area contributed by atoms with Crippen LogP contribution in [0.1, 0.15) is 32.8 Å². The van der Waals surface area contributed by atoms with Crippen LogP contribution in [0.5, 0.6) is 11.5 Å². The van der Waals surface area contributed by atoms with Crippen LogP contribution in [-0.4, -0.2) is 26.3 Å². The van der Waals surface area contributed by atoms with Gasteiger partial charge in [-0.3, -0.25) is 0 Å². The van der Waals surface area contributed by atoms with Crippen molar-refractivity contribution in [1.29, 1.82) is 0 Å². The van der Waals surface area contributed by atoms with Crippen molar-refractivity contribution >= 4 is 0 Å². The topological polar surface area (TPSA) is 30.5 Å². The molecule has 1 aromatic rings. The van der Waals surface area contributed by atoms with Gasteiger partial charge in [0.25, 0.3) is 0 Å². The van der Waals surface area contributed by atoms with Crippen molar-refractivity contribution < 1.29 is 9.47 Å². The van der Waals surface area contributed by atoms with E-state index in [1.807, 2.05) is 19.1 Å². The zero-order chi connectivity index (χ0) is 13.4. The maximum atomic E-state index is 5.58. The summed E-state index contributed by atoms with van der Waals surface area (Å²) in [6, 6.07) is 6.62. The molecule has 3 heteroatoms. The van der Waals surface area contributed by atoms with Gasteiger partial charge in [-0.1, -0.05) is 19.1 Å². The average molecular weight is 251 g/mol. The van der Waals surface area contributed by atoms with Gasteiger partial charge in [0.05, 0.1) is 13.7 Å². The van der Waals surface area contributed by atoms with E-state index < -0.39 is 0 Å². The minimum absolute atomic E-state index is 0.524. The lowest BCUT2D eigenvalue weighted by atomic mass is 10.0. The lowest BCUT2D eigenvalue weighted by Gasteiger charge is -2.16. The lowest BCUT2D eigenvalue weighted by Crippen LogP contribution is -2.25. The number of hydrogen-bond acceptors (Lipinski definition) is 3. The minimum Gasteiger partial charge on any atom is -0.493 e. The van der Waals surface area contributed by atoms with Crippen LogP contribution in [0.25, 0.3) is 0 Å². The van der Waals surface area contributed by atoms with E-state index >= 15 is 0 Å². The van der Waals surface area contributed by atoms with Crippen molar-refractivity contribution in [2.24, 2.45) is 0 Å². The number of methoxy groups -OCH3 is 1. The lowest BCUT2D eigenvalue weighted by molar-refractivity contribution is 0.309. The summed E-state index contributed by atoms with van der Waals surface area (Å²) in [5, 5.41) is 3.42. The molecule has 18 heavy (non-hydrogen) atoms. The van der Waals surface area contributed by atoms with E-state index in [-0.39, 0.29) is 0 Å². The van der Waals surface area contributed by atoms with Crippen LogP contribution in [0.4, 0.5) is 0 Å². The number of benzene rings is 1. The number of ether oxygens (including phenoxy) is 2. The summed E-state index contributed by atoms with van der Waals surface area (Å²) in [6.45, 7) is 8.00. The third kappa shape index (κ3) is 4.22. The molecule has 0 aliphatic rings. The van der Waals surface area contributed by atoms with Crippen LogP contribution in [0.15, 0.2) is 18.2 Å². The molecule has 0 fully saturated rings. The van der Waals surface area contributed by atoms with Gasteiger partial charge in [-0.25, -0.2) is 0 Å². The standard InChI is InChI=1S/C15H25NO2/c1-5-16-12(3)10-11-13-8-7-9-14(18-6-2)15(13)17-4/h7-9,12,16H,5-6,10-11H2,1-4H3.